The average Bonchev–Trinajstić information content (AvgIpc) is 2.00. The smallest absolute Gasteiger partial charge is 0.325 e. The predicted molar refractivity (Wildman–Crippen MR) is 56.3 cm³/mol. The number of amides is 1. The molecule has 0 aliphatic heterocycles. The molecule has 6 heteroatoms. The maximum atomic E-state index is 11.4. The molecule has 1 amide bonds. The first-order valence-corrected chi connectivity index (χ1v) is 4.62. The molecule has 0 aromatic carbocycles. The Morgan fingerprint density at radius 1 is 1.50 bits per heavy atom. The Morgan fingerprint density at radius 3 is 2.21 bits per heavy atom. The van der Waals surface area contributed by atoms with Gasteiger partial charge < -0.3 is 16.2 Å². The van der Waals surface area contributed by atoms with Crippen molar-refractivity contribution in [2.75, 3.05) is 0 Å². The van der Waals surface area contributed by atoms with Crippen LogP contribution in [0.2, 0.25) is 0 Å². The number of carboxylic acid groups (broad SMARTS) is 1. The topological polar surface area (TPSA) is 92.4 Å². The Labute approximate surface area is 88.5 Å². The molecule has 82 valence electrons. The van der Waals surface area contributed by atoms with E-state index in [0.29, 0.717) is 0 Å². The van der Waals surface area contributed by atoms with E-state index in [1.807, 2.05) is 0 Å². The van der Waals surface area contributed by atoms with Crippen molar-refractivity contribution in [2.24, 2.45) is 5.73 Å². The van der Waals surface area contributed by atoms with E-state index in [2.05, 4.69) is 17.9 Å². The minimum Gasteiger partial charge on any atom is -0.480 e. The van der Waals surface area contributed by atoms with Gasteiger partial charge in [-0.1, -0.05) is 0 Å². The van der Waals surface area contributed by atoms with Crippen molar-refractivity contribution in [3.63, 3.8) is 0 Å². The number of nitrogens with one attached hydrogen (secondary N) is 1. The van der Waals surface area contributed by atoms with Crippen LogP contribution in [0.4, 0.5) is 0 Å². The molecule has 0 spiro atoms. The van der Waals surface area contributed by atoms with Gasteiger partial charge in [0.25, 0.3) is 0 Å². The molecule has 0 unspecified atom stereocenters. The van der Waals surface area contributed by atoms with Crippen LogP contribution in [0.3, 0.4) is 0 Å². The lowest BCUT2D eigenvalue weighted by Crippen LogP contribution is -2.54. The van der Waals surface area contributed by atoms with Gasteiger partial charge in [-0.25, -0.2) is 0 Å². The highest BCUT2D eigenvalue weighted by Crippen LogP contribution is 2.15. The first kappa shape index (κ1) is 13.2. The SMILES string of the molecule is C[C@H](NC(=O)[C@H](N)C(C)(C)S)C(=O)O. The van der Waals surface area contributed by atoms with Crippen molar-refractivity contribution in [1.82, 2.24) is 5.32 Å². The average molecular weight is 220 g/mol. The van der Waals surface area contributed by atoms with E-state index in [0.717, 1.165) is 0 Å². The molecule has 14 heavy (non-hydrogen) atoms. The summed E-state index contributed by atoms with van der Waals surface area (Å²) in [5, 5.41) is 10.8. The molecule has 0 fully saturated rings. The van der Waals surface area contributed by atoms with E-state index in [9.17, 15) is 9.59 Å². The Hall–Kier alpha value is -0.750. The number of rotatable bonds is 4. The van der Waals surface area contributed by atoms with Crippen molar-refractivity contribution in [3.05, 3.63) is 0 Å². The van der Waals surface area contributed by atoms with Gasteiger partial charge in [-0.05, 0) is 20.8 Å². The number of carbonyl (C=O) groups excluding carboxylic acids is 1. The van der Waals surface area contributed by atoms with Gasteiger partial charge in [0.1, 0.15) is 6.04 Å². The van der Waals surface area contributed by atoms with Crippen molar-refractivity contribution in [1.29, 1.82) is 0 Å². The van der Waals surface area contributed by atoms with Crippen LogP contribution in [0.15, 0.2) is 0 Å². The van der Waals surface area contributed by atoms with E-state index >= 15 is 0 Å². The van der Waals surface area contributed by atoms with Crippen LogP contribution in [-0.4, -0.2) is 33.8 Å². The molecule has 0 saturated carbocycles. The van der Waals surface area contributed by atoms with Crippen LogP contribution in [-0.2, 0) is 9.59 Å². The van der Waals surface area contributed by atoms with Gasteiger partial charge in [-0.2, -0.15) is 12.6 Å². The van der Waals surface area contributed by atoms with Crippen LogP contribution in [0.25, 0.3) is 0 Å². The molecule has 0 aliphatic carbocycles. The third-order valence-electron chi connectivity index (χ3n) is 1.77. The second-order valence-electron chi connectivity index (χ2n) is 3.70. The molecule has 0 aliphatic rings. The van der Waals surface area contributed by atoms with Crippen LogP contribution in [0.5, 0.6) is 0 Å². The molecule has 0 aromatic rings. The zero-order valence-electron chi connectivity index (χ0n) is 8.44. The van der Waals surface area contributed by atoms with Crippen molar-refractivity contribution in [2.45, 2.75) is 37.6 Å². The van der Waals surface area contributed by atoms with Crippen LogP contribution >= 0.6 is 12.6 Å². The third kappa shape index (κ3) is 3.97. The zero-order valence-corrected chi connectivity index (χ0v) is 9.34. The molecule has 2 atom stereocenters. The molecule has 0 aromatic heterocycles. The largest absolute Gasteiger partial charge is 0.480 e. The molecule has 0 heterocycles. The summed E-state index contributed by atoms with van der Waals surface area (Å²) in [6.45, 7) is 4.75. The molecule has 4 N–H and O–H groups in total. The fourth-order valence-electron chi connectivity index (χ4n) is 0.686. The summed E-state index contributed by atoms with van der Waals surface area (Å²) in [5.74, 6) is -1.61. The van der Waals surface area contributed by atoms with E-state index in [4.69, 9.17) is 10.8 Å². The van der Waals surface area contributed by atoms with Crippen molar-refractivity contribution in [3.8, 4) is 0 Å². The highest BCUT2D eigenvalue weighted by molar-refractivity contribution is 7.81. The lowest BCUT2D eigenvalue weighted by atomic mass is 10.0. The number of nitrogens with two attached hydrogens (primary N) is 1. The summed E-state index contributed by atoms with van der Waals surface area (Å²) in [6.07, 6.45) is 0. The van der Waals surface area contributed by atoms with E-state index in [-0.39, 0.29) is 0 Å². The van der Waals surface area contributed by atoms with Gasteiger partial charge in [0.15, 0.2) is 0 Å². The Morgan fingerprint density at radius 2 is 1.93 bits per heavy atom. The second-order valence-corrected chi connectivity index (χ2v) is 4.85. The normalized spacial score (nSPS) is 15.8. The second kappa shape index (κ2) is 4.65. The summed E-state index contributed by atoms with van der Waals surface area (Å²) >= 11 is 4.13. The number of carbonyl (C=O) groups is 2. The monoisotopic (exact) mass is 220 g/mol. The zero-order chi connectivity index (χ0) is 11.5. The Balaban J connectivity index is 4.29. The summed E-state index contributed by atoms with van der Waals surface area (Å²) in [7, 11) is 0. The standard InChI is InChI=1S/C8H16N2O3S/c1-4(7(12)13)10-6(11)5(9)8(2,3)14/h4-5,14H,9H2,1-3H3,(H,10,11)(H,12,13)/t4-,5-/m0/s1. The number of hydrogen-bond donors (Lipinski definition) is 4. The van der Waals surface area contributed by atoms with Gasteiger partial charge in [0, 0.05) is 4.75 Å². The molecule has 0 rings (SSSR count). The van der Waals surface area contributed by atoms with Gasteiger partial charge in [-0.3, -0.25) is 9.59 Å². The van der Waals surface area contributed by atoms with Crippen LogP contribution in [0.1, 0.15) is 20.8 Å². The molecule has 5 nitrogen and oxygen atoms in total. The van der Waals surface area contributed by atoms with Crippen molar-refractivity contribution < 1.29 is 14.7 Å². The third-order valence-corrected chi connectivity index (χ3v) is 2.05. The fraction of sp³-hybridized carbons (Fsp3) is 0.750. The molecular weight excluding hydrogens is 204 g/mol. The summed E-state index contributed by atoms with van der Waals surface area (Å²) in [6, 6.07) is -1.78. The lowest BCUT2D eigenvalue weighted by Gasteiger charge is -2.25. The molecule has 0 bridgehead atoms. The first-order chi connectivity index (χ1) is 6.16. The summed E-state index contributed by atoms with van der Waals surface area (Å²) in [4.78, 5) is 21.8. The van der Waals surface area contributed by atoms with Crippen molar-refractivity contribution >= 4 is 24.5 Å². The Bertz CT molecular complexity index is 237. The highest BCUT2D eigenvalue weighted by Gasteiger charge is 2.30. The van der Waals surface area contributed by atoms with Gasteiger partial charge >= 0.3 is 5.97 Å². The molecule has 0 radical (unpaired) electrons. The maximum Gasteiger partial charge on any atom is 0.325 e. The highest BCUT2D eigenvalue weighted by atomic mass is 32.1. The van der Waals surface area contributed by atoms with E-state index in [1.165, 1.54) is 6.92 Å². The maximum absolute atomic E-state index is 11.4. The minimum absolute atomic E-state index is 0.514. The van der Waals surface area contributed by atoms with Gasteiger partial charge in [-0.15, -0.1) is 0 Å². The van der Waals surface area contributed by atoms with Gasteiger partial charge in [0.05, 0.1) is 6.04 Å². The number of aliphatic carboxylic acids is 1. The first-order valence-electron chi connectivity index (χ1n) is 4.17. The predicted octanol–water partition coefficient (Wildman–Crippen LogP) is -0.389. The Kier molecular flexibility index (Phi) is 4.41. The lowest BCUT2D eigenvalue weighted by molar-refractivity contribution is -0.141. The summed E-state index contributed by atoms with van der Waals surface area (Å²) < 4.78 is -0.678. The molecule has 0 saturated heterocycles. The van der Waals surface area contributed by atoms with E-state index < -0.39 is 28.7 Å². The van der Waals surface area contributed by atoms with Crippen LogP contribution in [0, 0.1) is 0 Å². The molecular formula is C8H16N2O3S. The number of hydrogen-bond acceptors (Lipinski definition) is 4. The quantitative estimate of drug-likeness (QED) is 0.486. The number of thiol groups is 1. The minimum atomic E-state index is -1.09. The van der Waals surface area contributed by atoms with Crippen LogP contribution < -0.4 is 11.1 Å². The fourth-order valence-corrected chi connectivity index (χ4v) is 0.803. The number of carboxylic acids is 1. The van der Waals surface area contributed by atoms with E-state index in [1.54, 1.807) is 13.8 Å². The summed E-state index contributed by atoms with van der Waals surface area (Å²) in [5.41, 5.74) is 5.56. The van der Waals surface area contributed by atoms with Gasteiger partial charge in [0.2, 0.25) is 5.91 Å².